The van der Waals surface area contributed by atoms with E-state index in [9.17, 15) is 4.79 Å². The molecule has 22 heavy (non-hydrogen) atoms. The second-order valence-electron chi connectivity index (χ2n) is 4.67. The average Bonchev–Trinajstić information content (AvgIpc) is 2.59. The predicted molar refractivity (Wildman–Crippen MR) is 87.6 cm³/mol. The first-order valence-corrected chi connectivity index (χ1v) is 7.75. The third-order valence-electron chi connectivity index (χ3n) is 3.24. The van der Waals surface area contributed by atoms with Gasteiger partial charge in [-0.1, -0.05) is 30.0 Å². The lowest BCUT2D eigenvalue weighted by molar-refractivity contribution is 0.102. The summed E-state index contributed by atoms with van der Waals surface area (Å²) in [6.45, 7) is 0. The highest BCUT2D eigenvalue weighted by Gasteiger charge is 2.09. The fourth-order valence-corrected chi connectivity index (χ4v) is 2.80. The minimum absolute atomic E-state index is 0.0650. The fraction of sp³-hybridized carbons (Fsp3) is 0.118. The standard InChI is InChI=1S/C17H14N2O2S/c1-21-15-6-5-12-9-14(4-3-13(12)10-15)16(20)11-22-17-18-7-2-8-19-17/h2-10H,11H2,1H3. The molecule has 0 spiro atoms. The molecule has 3 rings (SSSR count). The highest BCUT2D eigenvalue weighted by molar-refractivity contribution is 7.99. The van der Waals surface area contributed by atoms with Crippen molar-refractivity contribution in [3.05, 3.63) is 60.4 Å². The summed E-state index contributed by atoms with van der Waals surface area (Å²) in [7, 11) is 1.64. The molecule has 0 unspecified atom stereocenters. The molecule has 0 radical (unpaired) electrons. The van der Waals surface area contributed by atoms with Gasteiger partial charge in [-0.3, -0.25) is 4.79 Å². The van der Waals surface area contributed by atoms with Gasteiger partial charge in [0.1, 0.15) is 5.75 Å². The maximum Gasteiger partial charge on any atom is 0.187 e. The number of rotatable bonds is 5. The van der Waals surface area contributed by atoms with Gasteiger partial charge in [-0.15, -0.1) is 0 Å². The Morgan fingerprint density at radius 3 is 2.59 bits per heavy atom. The molecule has 0 bridgehead atoms. The van der Waals surface area contributed by atoms with Gasteiger partial charge in [0.05, 0.1) is 12.9 Å². The van der Waals surface area contributed by atoms with E-state index in [0.717, 1.165) is 16.5 Å². The van der Waals surface area contributed by atoms with Crippen molar-refractivity contribution in [3.8, 4) is 5.75 Å². The van der Waals surface area contributed by atoms with Crippen molar-refractivity contribution in [1.29, 1.82) is 0 Å². The van der Waals surface area contributed by atoms with Gasteiger partial charge in [-0.25, -0.2) is 9.97 Å². The summed E-state index contributed by atoms with van der Waals surface area (Å²) < 4.78 is 5.20. The van der Waals surface area contributed by atoms with Crippen LogP contribution in [0.3, 0.4) is 0 Å². The van der Waals surface area contributed by atoms with E-state index in [1.54, 1.807) is 25.6 Å². The van der Waals surface area contributed by atoms with Crippen molar-refractivity contribution in [1.82, 2.24) is 9.97 Å². The Kier molecular flexibility index (Phi) is 4.34. The third-order valence-corrected chi connectivity index (χ3v) is 4.12. The van der Waals surface area contributed by atoms with Crippen LogP contribution in [0.1, 0.15) is 10.4 Å². The zero-order valence-corrected chi connectivity index (χ0v) is 12.8. The average molecular weight is 310 g/mol. The molecule has 0 aliphatic rings. The Hall–Kier alpha value is -2.40. The molecule has 0 saturated heterocycles. The van der Waals surface area contributed by atoms with Crippen LogP contribution in [0, 0.1) is 0 Å². The quantitative estimate of drug-likeness (QED) is 0.409. The summed E-state index contributed by atoms with van der Waals surface area (Å²) in [5.41, 5.74) is 0.695. The largest absolute Gasteiger partial charge is 0.497 e. The van der Waals surface area contributed by atoms with E-state index in [1.807, 2.05) is 36.4 Å². The van der Waals surface area contributed by atoms with E-state index >= 15 is 0 Å². The third kappa shape index (κ3) is 3.26. The monoisotopic (exact) mass is 310 g/mol. The van der Waals surface area contributed by atoms with Crippen LogP contribution in [-0.4, -0.2) is 28.6 Å². The maximum atomic E-state index is 12.3. The number of thioether (sulfide) groups is 1. The van der Waals surface area contributed by atoms with Crippen LogP contribution in [0.15, 0.2) is 60.0 Å². The number of ketones is 1. The normalized spacial score (nSPS) is 10.6. The van der Waals surface area contributed by atoms with Gasteiger partial charge in [-0.05, 0) is 35.0 Å². The molecule has 0 fully saturated rings. The number of hydrogen-bond acceptors (Lipinski definition) is 5. The van der Waals surface area contributed by atoms with E-state index < -0.39 is 0 Å². The van der Waals surface area contributed by atoms with Crippen molar-refractivity contribution >= 4 is 28.3 Å². The minimum Gasteiger partial charge on any atom is -0.497 e. The summed E-state index contributed by atoms with van der Waals surface area (Å²) >= 11 is 1.34. The van der Waals surface area contributed by atoms with E-state index in [4.69, 9.17) is 4.74 Å². The number of aromatic nitrogens is 2. The zero-order chi connectivity index (χ0) is 15.4. The number of benzene rings is 2. The molecular formula is C17H14N2O2S. The fourth-order valence-electron chi connectivity index (χ4n) is 2.10. The highest BCUT2D eigenvalue weighted by Crippen LogP contribution is 2.23. The lowest BCUT2D eigenvalue weighted by atomic mass is 10.0. The van der Waals surface area contributed by atoms with Crippen LogP contribution in [0.5, 0.6) is 5.75 Å². The van der Waals surface area contributed by atoms with Crippen molar-refractivity contribution < 1.29 is 9.53 Å². The summed E-state index contributed by atoms with van der Waals surface area (Å²) in [5, 5.41) is 2.68. The highest BCUT2D eigenvalue weighted by atomic mass is 32.2. The van der Waals surface area contributed by atoms with Crippen molar-refractivity contribution in [2.45, 2.75) is 5.16 Å². The lowest BCUT2D eigenvalue weighted by Crippen LogP contribution is -2.03. The Labute approximate surface area is 132 Å². The van der Waals surface area contributed by atoms with Crippen LogP contribution >= 0.6 is 11.8 Å². The SMILES string of the molecule is COc1ccc2cc(C(=O)CSc3ncccn3)ccc2c1. The molecule has 0 aliphatic heterocycles. The molecule has 1 aromatic heterocycles. The molecular weight excluding hydrogens is 296 g/mol. The van der Waals surface area contributed by atoms with Crippen LogP contribution in [0.25, 0.3) is 10.8 Å². The Morgan fingerprint density at radius 1 is 1.09 bits per heavy atom. The first kappa shape index (κ1) is 14.5. The first-order chi connectivity index (χ1) is 10.8. The molecule has 0 amide bonds. The Morgan fingerprint density at radius 2 is 1.82 bits per heavy atom. The number of Topliss-reactive ketones (excluding diaryl/α,β-unsaturated/α-hetero) is 1. The number of methoxy groups -OCH3 is 1. The van der Waals surface area contributed by atoms with Gasteiger partial charge < -0.3 is 4.74 Å². The molecule has 2 aromatic carbocycles. The number of fused-ring (bicyclic) bond motifs is 1. The van der Waals surface area contributed by atoms with Crippen LogP contribution in [0.4, 0.5) is 0 Å². The molecule has 1 heterocycles. The summed E-state index contributed by atoms with van der Waals surface area (Å²) in [6, 6.07) is 13.2. The van der Waals surface area contributed by atoms with Gasteiger partial charge in [0.25, 0.3) is 0 Å². The van der Waals surface area contributed by atoms with Gasteiger partial charge in [0, 0.05) is 18.0 Å². The molecule has 3 aromatic rings. The first-order valence-electron chi connectivity index (χ1n) is 6.77. The number of carbonyl (C=O) groups is 1. The smallest absolute Gasteiger partial charge is 0.187 e. The Bertz CT molecular complexity index is 806. The van der Waals surface area contributed by atoms with Gasteiger partial charge >= 0.3 is 0 Å². The van der Waals surface area contributed by atoms with E-state index in [-0.39, 0.29) is 5.78 Å². The van der Waals surface area contributed by atoms with Crippen molar-refractivity contribution in [3.63, 3.8) is 0 Å². The molecule has 0 saturated carbocycles. The summed E-state index contributed by atoms with van der Waals surface area (Å²) in [6.07, 6.45) is 3.34. The molecule has 5 heteroatoms. The molecule has 0 atom stereocenters. The summed E-state index contributed by atoms with van der Waals surface area (Å²) in [5.74, 6) is 1.20. The number of nitrogens with zero attached hydrogens (tertiary/aromatic N) is 2. The van der Waals surface area contributed by atoms with Gasteiger partial charge in [0.2, 0.25) is 0 Å². The predicted octanol–water partition coefficient (Wildman–Crippen LogP) is 3.61. The second kappa shape index (κ2) is 6.58. The van der Waals surface area contributed by atoms with Gasteiger partial charge in [0.15, 0.2) is 10.9 Å². The molecule has 0 aliphatic carbocycles. The summed E-state index contributed by atoms with van der Waals surface area (Å²) in [4.78, 5) is 20.5. The molecule has 110 valence electrons. The lowest BCUT2D eigenvalue weighted by Gasteiger charge is -2.05. The van der Waals surface area contributed by atoms with Crippen LogP contribution in [0.2, 0.25) is 0 Å². The number of hydrogen-bond donors (Lipinski definition) is 0. The van der Waals surface area contributed by atoms with E-state index in [1.165, 1.54) is 11.8 Å². The Balaban J connectivity index is 1.76. The van der Waals surface area contributed by atoms with Crippen molar-refractivity contribution in [2.24, 2.45) is 0 Å². The van der Waals surface area contributed by atoms with Gasteiger partial charge in [-0.2, -0.15) is 0 Å². The zero-order valence-electron chi connectivity index (χ0n) is 12.0. The van der Waals surface area contributed by atoms with Crippen molar-refractivity contribution in [2.75, 3.05) is 12.9 Å². The van der Waals surface area contributed by atoms with E-state index in [2.05, 4.69) is 9.97 Å². The minimum atomic E-state index is 0.0650. The topological polar surface area (TPSA) is 52.1 Å². The molecule has 4 nitrogen and oxygen atoms in total. The molecule has 0 N–H and O–H groups in total. The van der Waals surface area contributed by atoms with Crippen LogP contribution < -0.4 is 4.74 Å². The van der Waals surface area contributed by atoms with E-state index in [0.29, 0.717) is 16.5 Å². The number of ether oxygens (including phenoxy) is 1. The number of carbonyl (C=O) groups excluding carboxylic acids is 1. The maximum absolute atomic E-state index is 12.3. The second-order valence-corrected chi connectivity index (χ2v) is 5.61. The van der Waals surface area contributed by atoms with Crippen LogP contribution in [-0.2, 0) is 0 Å².